The van der Waals surface area contributed by atoms with Crippen molar-refractivity contribution in [3.63, 3.8) is 0 Å². The first-order valence-corrected chi connectivity index (χ1v) is 11.9. The summed E-state index contributed by atoms with van der Waals surface area (Å²) in [4.78, 5) is 13.3. The molecule has 5 nitrogen and oxygen atoms in total. The van der Waals surface area contributed by atoms with Crippen molar-refractivity contribution in [2.75, 3.05) is 0 Å². The third kappa shape index (κ3) is 5.80. The minimum atomic E-state index is -0.727. The van der Waals surface area contributed by atoms with Crippen LogP contribution in [0.1, 0.15) is 29.5 Å². The molecule has 0 aromatic heterocycles. The van der Waals surface area contributed by atoms with Gasteiger partial charge in [0.15, 0.2) is 5.78 Å². The number of rotatable bonds is 9. The molecule has 0 bridgehead atoms. The highest BCUT2D eigenvalue weighted by Gasteiger charge is 2.54. The molecule has 3 aromatic rings. The Balaban J connectivity index is 1.38. The van der Waals surface area contributed by atoms with E-state index in [9.17, 15) is 4.79 Å². The van der Waals surface area contributed by atoms with Crippen LogP contribution in [0.3, 0.4) is 0 Å². The average Bonchev–Trinajstić information content (AvgIpc) is 3.65. The van der Waals surface area contributed by atoms with E-state index in [1.54, 1.807) is 0 Å². The smallest absolute Gasteiger partial charge is 0.164 e. The first-order valence-electron chi connectivity index (χ1n) is 11.9. The maximum atomic E-state index is 13.3. The zero-order valence-corrected chi connectivity index (χ0v) is 19.1. The number of carbonyl (C=O) groups is 1. The Bertz CT molecular complexity index is 1040. The molecule has 34 heavy (non-hydrogen) atoms. The van der Waals surface area contributed by atoms with Gasteiger partial charge >= 0.3 is 0 Å². The van der Waals surface area contributed by atoms with Crippen LogP contribution in [-0.4, -0.2) is 36.3 Å². The van der Waals surface area contributed by atoms with E-state index in [1.165, 1.54) is 0 Å². The van der Waals surface area contributed by atoms with Gasteiger partial charge in [0, 0.05) is 6.42 Å². The number of epoxide rings is 1. The third-order valence-electron chi connectivity index (χ3n) is 6.40. The quantitative estimate of drug-likeness (QED) is 0.428. The van der Waals surface area contributed by atoms with Crippen molar-refractivity contribution in [3.8, 4) is 0 Å². The summed E-state index contributed by atoms with van der Waals surface area (Å²) in [7, 11) is 0. The van der Waals surface area contributed by atoms with Crippen LogP contribution in [0, 0.1) is 0 Å². The van der Waals surface area contributed by atoms with Crippen LogP contribution in [0.2, 0.25) is 0 Å². The Hall–Kier alpha value is -2.83. The lowest BCUT2D eigenvalue weighted by Crippen LogP contribution is -2.50. The van der Waals surface area contributed by atoms with Gasteiger partial charge in [-0.2, -0.15) is 0 Å². The molecule has 176 valence electrons. The number of fused-ring (bicyclic) bond motifs is 1. The highest BCUT2D eigenvalue weighted by molar-refractivity contribution is 5.84. The zero-order valence-electron chi connectivity index (χ0n) is 19.1. The summed E-state index contributed by atoms with van der Waals surface area (Å²) in [6.07, 6.45) is -0.671. The third-order valence-corrected chi connectivity index (χ3v) is 6.40. The van der Waals surface area contributed by atoms with Crippen molar-refractivity contribution >= 4 is 5.78 Å². The fraction of sp³-hybridized carbons (Fsp3) is 0.345. The fourth-order valence-electron chi connectivity index (χ4n) is 4.50. The molecule has 5 atom stereocenters. The molecule has 2 fully saturated rings. The van der Waals surface area contributed by atoms with Crippen molar-refractivity contribution in [2.24, 2.45) is 0 Å². The van der Waals surface area contributed by atoms with Gasteiger partial charge in [-0.15, -0.1) is 0 Å². The summed E-state index contributed by atoms with van der Waals surface area (Å²) in [6.45, 7) is 1.12. The highest BCUT2D eigenvalue weighted by Crippen LogP contribution is 2.38. The SMILES string of the molecule is O=C1CC[C@H]2O[C@H]2[C@@H](OCc2ccccc2)[C@@H](OCc2ccccc2)[C@@H]1OCc1ccccc1. The molecular weight excluding hydrogens is 428 g/mol. The van der Waals surface area contributed by atoms with E-state index in [1.807, 2.05) is 91.0 Å². The zero-order chi connectivity index (χ0) is 23.2. The molecule has 1 saturated carbocycles. The first kappa shape index (κ1) is 22.9. The molecule has 5 heteroatoms. The van der Waals surface area contributed by atoms with Crippen molar-refractivity contribution in [1.29, 1.82) is 0 Å². The number of benzene rings is 3. The van der Waals surface area contributed by atoms with Crippen LogP contribution in [0.25, 0.3) is 0 Å². The Labute approximate surface area is 200 Å². The lowest BCUT2D eigenvalue weighted by atomic mass is 9.92. The molecule has 5 rings (SSSR count). The van der Waals surface area contributed by atoms with Crippen LogP contribution in [0.4, 0.5) is 0 Å². The van der Waals surface area contributed by atoms with E-state index in [0.29, 0.717) is 32.7 Å². The van der Waals surface area contributed by atoms with Crippen molar-refractivity contribution in [3.05, 3.63) is 108 Å². The van der Waals surface area contributed by atoms with Crippen molar-refractivity contribution in [2.45, 2.75) is 63.2 Å². The van der Waals surface area contributed by atoms with Gasteiger partial charge in [-0.1, -0.05) is 91.0 Å². The van der Waals surface area contributed by atoms with Gasteiger partial charge in [0.05, 0.1) is 25.9 Å². The molecule has 0 amide bonds. The van der Waals surface area contributed by atoms with Crippen LogP contribution in [-0.2, 0) is 43.6 Å². The topological polar surface area (TPSA) is 57.3 Å². The molecule has 1 heterocycles. The Morgan fingerprint density at radius 1 is 0.647 bits per heavy atom. The fourth-order valence-corrected chi connectivity index (χ4v) is 4.50. The van der Waals surface area contributed by atoms with E-state index >= 15 is 0 Å². The Morgan fingerprint density at radius 2 is 1.12 bits per heavy atom. The largest absolute Gasteiger partial charge is 0.368 e. The van der Waals surface area contributed by atoms with E-state index in [4.69, 9.17) is 18.9 Å². The molecular formula is C29H30O5. The van der Waals surface area contributed by atoms with Gasteiger partial charge < -0.3 is 18.9 Å². The van der Waals surface area contributed by atoms with Gasteiger partial charge in [-0.3, -0.25) is 4.79 Å². The molecule has 2 aliphatic rings. The lowest BCUT2D eigenvalue weighted by Gasteiger charge is -2.33. The first-order chi connectivity index (χ1) is 16.8. The maximum absolute atomic E-state index is 13.3. The normalized spacial score (nSPS) is 26.4. The molecule has 1 saturated heterocycles. The Morgan fingerprint density at radius 3 is 1.65 bits per heavy atom. The van der Waals surface area contributed by atoms with Gasteiger partial charge in [0.1, 0.15) is 24.4 Å². The second kappa shape index (κ2) is 11.1. The second-order valence-corrected chi connectivity index (χ2v) is 8.88. The number of ether oxygens (including phenoxy) is 4. The average molecular weight is 459 g/mol. The van der Waals surface area contributed by atoms with E-state index in [2.05, 4.69) is 0 Å². The molecule has 0 unspecified atom stereocenters. The van der Waals surface area contributed by atoms with Crippen LogP contribution in [0.15, 0.2) is 91.0 Å². The summed E-state index contributed by atoms with van der Waals surface area (Å²) in [5.41, 5.74) is 3.12. The highest BCUT2D eigenvalue weighted by atomic mass is 16.6. The summed E-state index contributed by atoms with van der Waals surface area (Å²) in [5, 5.41) is 0. The Kier molecular flexibility index (Phi) is 7.46. The molecule has 0 N–H and O–H groups in total. The van der Waals surface area contributed by atoms with Gasteiger partial charge in [-0.25, -0.2) is 0 Å². The minimum Gasteiger partial charge on any atom is -0.368 e. The summed E-state index contributed by atoms with van der Waals surface area (Å²) < 4.78 is 25.1. The molecule has 0 spiro atoms. The van der Waals surface area contributed by atoms with Gasteiger partial charge in [0.2, 0.25) is 0 Å². The monoisotopic (exact) mass is 458 g/mol. The predicted octanol–water partition coefficient (Wildman–Crippen LogP) is 4.87. The number of carbonyl (C=O) groups excluding carboxylic acids is 1. The number of hydrogen-bond donors (Lipinski definition) is 0. The van der Waals surface area contributed by atoms with E-state index < -0.39 is 18.3 Å². The second-order valence-electron chi connectivity index (χ2n) is 8.88. The van der Waals surface area contributed by atoms with Gasteiger partial charge in [-0.05, 0) is 23.1 Å². The minimum absolute atomic E-state index is 0.0302. The molecule has 1 aliphatic carbocycles. The summed E-state index contributed by atoms with van der Waals surface area (Å²) >= 11 is 0. The number of hydrogen-bond acceptors (Lipinski definition) is 5. The summed E-state index contributed by atoms with van der Waals surface area (Å²) in [5.74, 6) is 0.0382. The van der Waals surface area contributed by atoms with Crippen LogP contribution < -0.4 is 0 Å². The number of Topliss-reactive ketones (excluding diaryl/α,β-unsaturated/α-hetero) is 1. The summed E-state index contributed by atoms with van der Waals surface area (Å²) in [6, 6.07) is 29.9. The van der Waals surface area contributed by atoms with E-state index in [0.717, 1.165) is 16.7 Å². The van der Waals surface area contributed by atoms with E-state index in [-0.39, 0.29) is 18.0 Å². The lowest BCUT2D eigenvalue weighted by molar-refractivity contribution is -0.171. The van der Waals surface area contributed by atoms with Crippen molar-refractivity contribution < 1.29 is 23.7 Å². The maximum Gasteiger partial charge on any atom is 0.164 e. The molecule has 1 aliphatic heterocycles. The van der Waals surface area contributed by atoms with Crippen molar-refractivity contribution in [1.82, 2.24) is 0 Å². The van der Waals surface area contributed by atoms with Gasteiger partial charge in [0.25, 0.3) is 0 Å². The molecule has 3 aromatic carbocycles. The standard InChI is InChI=1S/C29H30O5/c30-24-16-17-25-27(34-25)29(33-20-23-14-8-3-9-15-23)28(32-19-22-12-6-2-7-13-22)26(24)31-18-21-10-4-1-5-11-21/h1-15,25-29H,16-20H2/t25-,26-,27-,28+,29-/m1/s1. The van der Waals surface area contributed by atoms with Crippen LogP contribution in [0.5, 0.6) is 0 Å². The van der Waals surface area contributed by atoms with Crippen LogP contribution >= 0.6 is 0 Å². The molecule has 0 radical (unpaired) electrons. The number of ketones is 1. The predicted molar refractivity (Wildman–Crippen MR) is 128 cm³/mol.